The van der Waals surface area contributed by atoms with Crippen LogP contribution in [0.5, 0.6) is 0 Å². The van der Waals surface area contributed by atoms with E-state index in [9.17, 15) is 17.8 Å². The SMILES string of the molecule is O=C(Cc1nn(-c2ccc(Cl)cc2Cl)c2c1Cc1ccccc1-2)Cc1nn(-c2ccc(Cl)cc2Cl)c2c1Cc1cc(S(=O)(=O)O)ccc1-2. The molecule has 0 amide bonds. The lowest BCUT2D eigenvalue weighted by molar-refractivity contribution is -0.117. The molecule has 48 heavy (non-hydrogen) atoms. The van der Waals surface area contributed by atoms with Crippen molar-refractivity contribution >= 4 is 62.3 Å². The van der Waals surface area contributed by atoms with Crippen LogP contribution >= 0.6 is 46.4 Å². The molecule has 240 valence electrons. The van der Waals surface area contributed by atoms with Crippen LogP contribution < -0.4 is 0 Å². The summed E-state index contributed by atoms with van der Waals surface area (Å²) >= 11 is 25.6. The number of ketones is 1. The van der Waals surface area contributed by atoms with E-state index in [4.69, 9.17) is 56.6 Å². The summed E-state index contributed by atoms with van der Waals surface area (Å²) in [6.07, 6.45) is 0.994. The van der Waals surface area contributed by atoms with Crippen molar-refractivity contribution in [2.75, 3.05) is 0 Å². The molecule has 0 fully saturated rings. The van der Waals surface area contributed by atoms with Crippen molar-refractivity contribution in [2.45, 2.75) is 30.6 Å². The molecule has 0 atom stereocenters. The van der Waals surface area contributed by atoms with E-state index < -0.39 is 10.1 Å². The minimum Gasteiger partial charge on any atom is -0.299 e. The third-order valence-corrected chi connectivity index (χ3v) is 10.7. The first-order valence-corrected chi connectivity index (χ1v) is 17.7. The lowest BCUT2D eigenvalue weighted by atomic mass is 10.0. The number of hydrogen-bond donors (Lipinski definition) is 1. The van der Waals surface area contributed by atoms with E-state index in [1.165, 1.54) is 12.1 Å². The van der Waals surface area contributed by atoms with Crippen LogP contribution in [-0.2, 0) is 40.6 Å². The molecule has 2 aliphatic carbocycles. The monoisotopic (exact) mass is 734 g/mol. The van der Waals surface area contributed by atoms with Gasteiger partial charge in [-0.1, -0.05) is 76.7 Å². The van der Waals surface area contributed by atoms with E-state index in [1.807, 2.05) is 24.3 Å². The highest BCUT2D eigenvalue weighted by atomic mass is 35.5. The highest BCUT2D eigenvalue weighted by Crippen LogP contribution is 2.43. The molecule has 6 aromatic rings. The average Bonchev–Trinajstić information content (AvgIpc) is 3.77. The Bertz CT molecular complexity index is 2470. The second-order valence-electron chi connectivity index (χ2n) is 11.8. The van der Waals surface area contributed by atoms with E-state index in [0.29, 0.717) is 67.0 Å². The van der Waals surface area contributed by atoms with Gasteiger partial charge >= 0.3 is 0 Å². The van der Waals surface area contributed by atoms with Gasteiger partial charge in [0.15, 0.2) is 0 Å². The van der Waals surface area contributed by atoms with Gasteiger partial charge in [0.25, 0.3) is 10.1 Å². The number of halogens is 4. The molecule has 2 aromatic heterocycles. The maximum Gasteiger partial charge on any atom is 0.294 e. The number of rotatable bonds is 7. The fraction of sp³-hybridized carbons (Fsp3) is 0.114. The van der Waals surface area contributed by atoms with E-state index in [2.05, 4.69) is 6.07 Å². The molecule has 8 nitrogen and oxygen atoms in total. The first kappa shape index (κ1) is 31.3. The number of aromatic nitrogens is 4. The van der Waals surface area contributed by atoms with Gasteiger partial charge in [0.1, 0.15) is 5.78 Å². The highest BCUT2D eigenvalue weighted by molar-refractivity contribution is 7.85. The quantitative estimate of drug-likeness (QED) is 0.165. The number of carbonyl (C=O) groups is 1. The van der Waals surface area contributed by atoms with Gasteiger partial charge in [-0.2, -0.15) is 18.6 Å². The van der Waals surface area contributed by atoms with E-state index >= 15 is 0 Å². The average molecular weight is 736 g/mol. The fourth-order valence-corrected chi connectivity index (χ4v) is 8.19. The molecule has 0 saturated carbocycles. The van der Waals surface area contributed by atoms with Crippen molar-refractivity contribution in [3.63, 3.8) is 0 Å². The zero-order valence-corrected chi connectivity index (χ0v) is 28.6. The summed E-state index contributed by atoms with van der Waals surface area (Å²) in [5.41, 5.74) is 9.28. The van der Waals surface area contributed by atoms with Crippen molar-refractivity contribution in [3.05, 3.63) is 133 Å². The summed E-state index contributed by atoms with van der Waals surface area (Å²) in [6.45, 7) is 0. The third-order valence-electron chi connectivity index (χ3n) is 8.78. The predicted octanol–water partition coefficient (Wildman–Crippen LogP) is 8.42. The minimum atomic E-state index is -4.42. The van der Waals surface area contributed by atoms with Crippen molar-refractivity contribution in [1.29, 1.82) is 0 Å². The highest BCUT2D eigenvalue weighted by Gasteiger charge is 2.33. The van der Waals surface area contributed by atoms with E-state index in [-0.39, 0.29) is 23.5 Å². The molecule has 0 aliphatic heterocycles. The second-order valence-corrected chi connectivity index (χ2v) is 14.9. The molecule has 13 heteroatoms. The van der Waals surface area contributed by atoms with Crippen molar-refractivity contribution in [2.24, 2.45) is 0 Å². The first-order valence-electron chi connectivity index (χ1n) is 14.8. The van der Waals surface area contributed by atoms with Crippen LogP contribution in [-0.4, -0.2) is 38.3 Å². The molecule has 4 aromatic carbocycles. The Hall–Kier alpha value is -3.96. The molecule has 2 aliphatic rings. The predicted molar refractivity (Wildman–Crippen MR) is 186 cm³/mol. The zero-order chi connectivity index (χ0) is 33.5. The molecule has 0 radical (unpaired) electrons. The van der Waals surface area contributed by atoms with Gasteiger partial charge in [0.2, 0.25) is 0 Å². The number of fused-ring (bicyclic) bond motifs is 6. The van der Waals surface area contributed by atoms with Crippen LogP contribution in [0.1, 0.15) is 33.6 Å². The Morgan fingerprint density at radius 2 is 1.21 bits per heavy atom. The van der Waals surface area contributed by atoms with Gasteiger partial charge in [0.05, 0.1) is 61.9 Å². The third kappa shape index (κ3) is 5.26. The van der Waals surface area contributed by atoms with Crippen molar-refractivity contribution in [3.8, 4) is 33.9 Å². The summed E-state index contributed by atoms with van der Waals surface area (Å²) in [5, 5.41) is 11.5. The molecule has 0 spiro atoms. The van der Waals surface area contributed by atoms with Gasteiger partial charge in [-0.05, 0) is 59.7 Å². The van der Waals surface area contributed by atoms with Crippen LogP contribution in [0.15, 0.2) is 83.8 Å². The number of hydrogen-bond acceptors (Lipinski definition) is 5. The molecule has 0 bridgehead atoms. The molecule has 0 saturated heterocycles. The fourth-order valence-electron chi connectivity index (χ4n) is 6.68. The molecule has 2 heterocycles. The van der Waals surface area contributed by atoms with Crippen LogP contribution in [0.3, 0.4) is 0 Å². The Morgan fingerprint density at radius 1 is 0.688 bits per heavy atom. The maximum absolute atomic E-state index is 13.9. The van der Waals surface area contributed by atoms with Gasteiger partial charge in [-0.15, -0.1) is 0 Å². The summed E-state index contributed by atoms with van der Waals surface area (Å²) in [5.74, 6) is -0.107. The standard InChI is InChI=1S/C35H22Cl4N4O4S/c36-20-5-9-32(28(38)14-20)42-34-24-4-2-1-3-18(24)12-26(34)30(40-42)16-22(44)17-31-27-13-19-11-23(48(45,46)47)7-8-25(19)35(27)43(41-31)33-10-6-21(37)15-29(33)39/h1-11,14-15H,12-13,16-17H2,(H,45,46,47). The molecule has 1 N–H and O–H groups in total. The second kappa shape index (κ2) is 11.6. The molecule has 8 rings (SSSR count). The van der Waals surface area contributed by atoms with Crippen LogP contribution in [0.25, 0.3) is 33.9 Å². The Labute approximate surface area is 295 Å². The first-order chi connectivity index (χ1) is 23.0. The smallest absolute Gasteiger partial charge is 0.294 e. The minimum absolute atomic E-state index is 0.00400. The Morgan fingerprint density at radius 3 is 1.75 bits per heavy atom. The number of benzene rings is 4. The molecule has 0 unspecified atom stereocenters. The van der Waals surface area contributed by atoms with Crippen LogP contribution in [0.4, 0.5) is 0 Å². The largest absolute Gasteiger partial charge is 0.299 e. The van der Waals surface area contributed by atoms with Crippen molar-refractivity contribution < 1.29 is 17.8 Å². The Kier molecular flexibility index (Phi) is 7.56. The van der Waals surface area contributed by atoms with Gasteiger partial charge in [0, 0.05) is 45.1 Å². The maximum atomic E-state index is 13.9. The van der Waals surface area contributed by atoms with Crippen LogP contribution in [0.2, 0.25) is 20.1 Å². The number of carbonyl (C=O) groups excluding carboxylic acids is 1. The zero-order valence-electron chi connectivity index (χ0n) is 24.7. The molecular formula is C35H22Cl4N4O4S. The van der Waals surface area contributed by atoms with Gasteiger partial charge in [-0.3, -0.25) is 9.35 Å². The summed E-state index contributed by atoms with van der Waals surface area (Å²) in [4.78, 5) is 13.7. The summed E-state index contributed by atoms with van der Waals surface area (Å²) in [6, 6.07) is 22.8. The van der Waals surface area contributed by atoms with Gasteiger partial charge < -0.3 is 0 Å². The lowest BCUT2D eigenvalue weighted by Gasteiger charge is -2.10. The summed E-state index contributed by atoms with van der Waals surface area (Å²) in [7, 11) is -4.42. The number of nitrogens with zero attached hydrogens (tertiary/aromatic N) is 4. The Balaban J connectivity index is 1.18. The summed E-state index contributed by atoms with van der Waals surface area (Å²) < 4.78 is 37.0. The lowest BCUT2D eigenvalue weighted by Crippen LogP contribution is -2.11. The van der Waals surface area contributed by atoms with Crippen molar-refractivity contribution in [1.82, 2.24) is 19.6 Å². The number of Topliss-reactive ketones (excluding diaryl/α,β-unsaturated/α-hetero) is 1. The topological polar surface area (TPSA) is 107 Å². The normalized spacial score (nSPS) is 12.9. The van der Waals surface area contributed by atoms with Gasteiger partial charge in [-0.25, -0.2) is 9.36 Å². The molecular weight excluding hydrogens is 714 g/mol. The van der Waals surface area contributed by atoms with Crippen LogP contribution in [0, 0.1) is 0 Å². The van der Waals surface area contributed by atoms with E-state index in [0.717, 1.165) is 33.5 Å². The van der Waals surface area contributed by atoms with E-state index in [1.54, 1.807) is 45.8 Å².